The van der Waals surface area contributed by atoms with Gasteiger partial charge in [0.05, 0.1) is 5.69 Å². The number of hydrogen-bond acceptors (Lipinski definition) is 3. The van der Waals surface area contributed by atoms with Gasteiger partial charge in [0.15, 0.2) is 5.82 Å². The molecule has 14 heavy (non-hydrogen) atoms. The maximum absolute atomic E-state index is 5.79. The molecule has 3 N–H and O–H groups in total. The summed E-state index contributed by atoms with van der Waals surface area (Å²) < 4.78 is 1.73. The van der Waals surface area contributed by atoms with Crippen molar-refractivity contribution in [2.24, 2.45) is 7.05 Å². The molecule has 1 aliphatic rings. The molecule has 0 saturated heterocycles. The Kier molecular flexibility index (Phi) is 2.43. The summed E-state index contributed by atoms with van der Waals surface area (Å²) in [6, 6.07) is 0.484. The van der Waals surface area contributed by atoms with Crippen molar-refractivity contribution < 1.29 is 0 Å². The largest absolute Gasteiger partial charge is 0.394 e. The molecule has 0 aromatic carbocycles. The molecule has 2 rings (SSSR count). The molecular formula is C10H16N4. The lowest BCUT2D eigenvalue weighted by Crippen LogP contribution is -2.21. The summed E-state index contributed by atoms with van der Waals surface area (Å²) in [5.74, 6) is 0.813. The Labute approximate surface area is 83.8 Å². The number of nitrogens with one attached hydrogen (secondary N) is 1. The first-order chi connectivity index (χ1) is 6.75. The van der Waals surface area contributed by atoms with E-state index in [2.05, 4.69) is 22.6 Å². The molecule has 0 saturated carbocycles. The molecule has 0 amide bonds. The molecule has 0 fully saturated rings. The van der Waals surface area contributed by atoms with Crippen LogP contribution in [-0.4, -0.2) is 15.8 Å². The van der Waals surface area contributed by atoms with Crippen molar-refractivity contribution in [2.75, 3.05) is 11.1 Å². The Morgan fingerprint density at radius 1 is 1.57 bits per heavy atom. The lowest BCUT2D eigenvalue weighted by molar-refractivity contribution is 0.638. The van der Waals surface area contributed by atoms with Crippen molar-refractivity contribution in [1.29, 1.82) is 0 Å². The third kappa shape index (κ3) is 1.89. The zero-order valence-electron chi connectivity index (χ0n) is 8.40. The fraction of sp³-hybridized carbons (Fsp3) is 0.500. The van der Waals surface area contributed by atoms with Gasteiger partial charge in [0.2, 0.25) is 0 Å². The van der Waals surface area contributed by atoms with Gasteiger partial charge < -0.3 is 11.1 Å². The second-order valence-electron chi connectivity index (χ2n) is 3.73. The number of rotatable bonds is 2. The molecule has 76 valence electrons. The molecular weight excluding hydrogens is 176 g/mol. The van der Waals surface area contributed by atoms with Gasteiger partial charge in [0.25, 0.3) is 0 Å². The Morgan fingerprint density at radius 2 is 2.43 bits per heavy atom. The van der Waals surface area contributed by atoms with Crippen LogP contribution in [0.5, 0.6) is 0 Å². The Hall–Kier alpha value is -1.45. The first kappa shape index (κ1) is 9.12. The molecule has 0 bridgehead atoms. The van der Waals surface area contributed by atoms with E-state index in [1.54, 1.807) is 4.68 Å². The number of hydrogen-bond donors (Lipinski definition) is 2. The van der Waals surface area contributed by atoms with Gasteiger partial charge in [-0.15, -0.1) is 0 Å². The standard InChI is InChI=1S/C10H16N4/c1-14-7-9(11)10(13-14)12-8-5-3-2-4-6-8/h2-3,7-8H,4-6,11H2,1H3,(H,12,13). The van der Waals surface area contributed by atoms with Gasteiger partial charge in [-0.2, -0.15) is 5.10 Å². The molecule has 0 aliphatic heterocycles. The predicted molar refractivity (Wildman–Crippen MR) is 58.0 cm³/mol. The Morgan fingerprint density at radius 3 is 3.00 bits per heavy atom. The van der Waals surface area contributed by atoms with E-state index < -0.39 is 0 Å². The highest BCUT2D eigenvalue weighted by Crippen LogP contribution is 2.20. The third-order valence-electron chi connectivity index (χ3n) is 2.47. The van der Waals surface area contributed by atoms with Gasteiger partial charge in [-0.3, -0.25) is 4.68 Å². The molecule has 4 nitrogen and oxygen atoms in total. The monoisotopic (exact) mass is 192 g/mol. The average Bonchev–Trinajstić information content (AvgIpc) is 2.47. The minimum Gasteiger partial charge on any atom is -0.394 e. The molecule has 1 unspecified atom stereocenters. The predicted octanol–water partition coefficient (Wildman–Crippen LogP) is 1.52. The first-order valence-corrected chi connectivity index (χ1v) is 4.96. The van der Waals surface area contributed by atoms with Crippen molar-refractivity contribution in [3.63, 3.8) is 0 Å². The topological polar surface area (TPSA) is 55.9 Å². The summed E-state index contributed by atoms with van der Waals surface area (Å²) in [5, 5.41) is 7.62. The summed E-state index contributed by atoms with van der Waals surface area (Å²) >= 11 is 0. The molecule has 0 spiro atoms. The third-order valence-corrected chi connectivity index (χ3v) is 2.47. The van der Waals surface area contributed by atoms with Crippen molar-refractivity contribution in [1.82, 2.24) is 9.78 Å². The average molecular weight is 192 g/mol. The minimum atomic E-state index is 0.484. The van der Waals surface area contributed by atoms with Crippen molar-refractivity contribution in [2.45, 2.75) is 25.3 Å². The molecule has 0 radical (unpaired) electrons. The lowest BCUT2D eigenvalue weighted by Gasteiger charge is -2.19. The number of nitrogens with zero attached hydrogens (tertiary/aromatic N) is 2. The van der Waals surface area contributed by atoms with Crippen molar-refractivity contribution in [3.05, 3.63) is 18.3 Å². The van der Waals surface area contributed by atoms with Gasteiger partial charge in [-0.1, -0.05) is 12.2 Å². The second kappa shape index (κ2) is 3.74. The van der Waals surface area contributed by atoms with E-state index in [1.165, 1.54) is 0 Å². The van der Waals surface area contributed by atoms with Crippen LogP contribution in [0.1, 0.15) is 19.3 Å². The zero-order valence-corrected chi connectivity index (χ0v) is 8.40. The molecule has 1 aliphatic carbocycles. The number of allylic oxidation sites excluding steroid dienone is 1. The van der Waals surface area contributed by atoms with E-state index in [-0.39, 0.29) is 0 Å². The minimum absolute atomic E-state index is 0.484. The molecule has 4 heteroatoms. The van der Waals surface area contributed by atoms with Crippen LogP contribution < -0.4 is 11.1 Å². The number of anilines is 2. The maximum atomic E-state index is 5.79. The molecule has 1 aromatic rings. The van der Waals surface area contributed by atoms with E-state index in [0.29, 0.717) is 6.04 Å². The normalized spacial score (nSPS) is 21.1. The number of aromatic nitrogens is 2. The van der Waals surface area contributed by atoms with Crippen molar-refractivity contribution in [3.8, 4) is 0 Å². The first-order valence-electron chi connectivity index (χ1n) is 4.96. The van der Waals surface area contributed by atoms with E-state index in [1.807, 2.05) is 13.2 Å². The lowest BCUT2D eigenvalue weighted by atomic mass is 10.0. The van der Waals surface area contributed by atoms with E-state index in [0.717, 1.165) is 30.8 Å². The van der Waals surface area contributed by atoms with Crippen LogP contribution in [-0.2, 0) is 7.05 Å². The van der Waals surface area contributed by atoms with Crippen LogP contribution in [0.3, 0.4) is 0 Å². The van der Waals surface area contributed by atoms with E-state index in [9.17, 15) is 0 Å². The van der Waals surface area contributed by atoms with Gasteiger partial charge >= 0.3 is 0 Å². The number of aryl methyl sites for hydroxylation is 1. The highest BCUT2D eigenvalue weighted by molar-refractivity contribution is 5.60. The smallest absolute Gasteiger partial charge is 0.171 e. The van der Waals surface area contributed by atoms with Crippen LogP contribution in [0.15, 0.2) is 18.3 Å². The quantitative estimate of drug-likeness (QED) is 0.698. The zero-order chi connectivity index (χ0) is 9.97. The van der Waals surface area contributed by atoms with Crippen LogP contribution in [0.2, 0.25) is 0 Å². The fourth-order valence-electron chi connectivity index (χ4n) is 1.74. The van der Waals surface area contributed by atoms with Crippen LogP contribution in [0.25, 0.3) is 0 Å². The van der Waals surface area contributed by atoms with Crippen LogP contribution in [0, 0.1) is 0 Å². The number of nitrogens with two attached hydrogens (primary N) is 1. The molecule has 1 aromatic heterocycles. The highest BCUT2D eigenvalue weighted by atomic mass is 15.3. The van der Waals surface area contributed by atoms with Gasteiger partial charge in [0, 0.05) is 19.3 Å². The summed E-state index contributed by atoms with van der Waals surface area (Å²) in [7, 11) is 1.88. The van der Waals surface area contributed by atoms with E-state index in [4.69, 9.17) is 5.73 Å². The molecule has 1 heterocycles. The maximum Gasteiger partial charge on any atom is 0.171 e. The van der Waals surface area contributed by atoms with Crippen molar-refractivity contribution >= 4 is 11.5 Å². The van der Waals surface area contributed by atoms with E-state index >= 15 is 0 Å². The van der Waals surface area contributed by atoms with Crippen LogP contribution in [0.4, 0.5) is 11.5 Å². The number of nitrogen functional groups attached to an aromatic ring is 1. The Bertz CT molecular complexity index is 340. The van der Waals surface area contributed by atoms with Gasteiger partial charge in [-0.25, -0.2) is 0 Å². The summed E-state index contributed by atoms with van der Waals surface area (Å²) in [6.45, 7) is 0. The Balaban J connectivity index is 2.03. The summed E-state index contributed by atoms with van der Waals surface area (Å²) in [4.78, 5) is 0. The summed E-state index contributed by atoms with van der Waals surface area (Å²) in [6.07, 6.45) is 9.62. The van der Waals surface area contributed by atoms with Gasteiger partial charge in [0.1, 0.15) is 0 Å². The van der Waals surface area contributed by atoms with Crippen LogP contribution >= 0.6 is 0 Å². The molecule has 1 atom stereocenters. The highest BCUT2D eigenvalue weighted by Gasteiger charge is 2.12. The second-order valence-corrected chi connectivity index (χ2v) is 3.73. The van der Waals surface area contributed by atoms with Gasteiger partial charge in [-0.05, 0) is 19.3 Å². The summed E-state index contributed by atoms with van der Waals surface area (Å²) in [5.41, 5.74) is 6.52. The fourth-order valence-corrected chi connectivity index (χ4v) is 1.74. The SMILES string of the molecule is Cn1cc(N)c(NC2CC=CCC2)n1.